The number of carbonyl (C=O) groups excluding carboxylic acids is 1. The Bertz CT molecular complexity index is 717. The van der Waals surface area contributed by atoms with Gasteiger partial charge in [-0.05, 0) is 18.2 Å². The first kappa shape index (κ1) is 18.4. The Kier molecular flexibility index (Phi) is 5.74. The summed E-state index contributed by atoms with van der Waals surface area (Å²) in [5, 5.41) is 2.87. The number of hydrogen-bond acceptors (Lipinski definition) is 7. The van der Waals surface area contributed by atoms with Gasteiger partial charge >= 0.3 is 0 Å². The van der Waals surface area contributed by atoms with Gasteiger partial charge in [-0.2, -0.15) is 15.0 Å². The maximum atomic E-state index is 12.4. The lowest BCUT2D eigenvalue weighted by Gasteiger charge is -2.16. The van der Waals surface area contributed by atoms with Crippen molar-refractivity contribution in [1.82, 2.24) is 20.3 Å². The summed E-state index contributed by atoms with van der Waals surface area (Å²) in [4.78, 5) is 31.1. The Hall–Kier alpha value is -2.90. The molecule has 0 aliphatic heterocycles. The van der Waals surface area contributed by atoms with E-state index >= 15 is 0 Å². The van der Waals surface area contributed by atoms with Crippen LogP contribution in [0.1, 0.15) is 16.2 Å². The number of hydrogen-bond donors (Lipinski definition) is 1. The number of anilines is 3. The number of benzene rings is 1. The smallest absolute Gasteiger partial charge is 0.251 e. The fourth-order valence-electron chi connectivity index (χ4n) is 2.06. The Morgan fingerprint density at radius 3 is 2.04 bits per heavy atom. The van der Waals surface area contributed by atoms with Crippen LogP contribution in [0, 0.1) is 0 Å². The molecule has 1 aromatic carbocycles. The predicted octanol–water partition coefficient (Wildman–Crippen LogP) is 1.000. The molecule has 2 rings (SSSR count). The number of carbonyl (C=O) groups is 1. The van der Waals surface area contributed by atoms with Gasteiger partial charge in [0.2, 0.25) is 11.9 Å². The average Bonchev–Trinajstić information content (AvgIpc) is 2.59. The first-order chi connectivity index (χ1) is 11.8. The predicted molar refractivity (Wildman–Crippen MR) is 100 cm³/mol. The van der Waals surface area contributed by atoms with Gasteiger partial charge in [-0.1, -0.05) is 6.07 Å². The molecule has 1 amide bonds. The lowest BCUT2D eigenvalue weighted by Crippen LogP contribution is -2.26. The average molecular weight is 343 g/mol. The summed E-state index contributed by atoms with van der Waals surface area (Å²) in [7, 11) is 11.3. The highest BCUT2D eigenvalue weighted by Crippen LogP contribution is 2.14. The third kappa shape index (κ3) is 4.79. The summed E-state index contributed by atoms with van der Waals surface area (Å²) in [6, 6.07) is 7.45. The zero-order valence-electron chi connectivity index (χ0n) is 15.6. The van der Waals surface area contributed by atoms with Crippen LogP contribution in [-0.2, 0) is 6.54 Å². The molecule has 0 saturated carbocycles. The van der Waals surface area contributed by atoms with Crippen LogP contribution in [0.3, 0.4) is 0 Å². The molecule has 0 bridgehead atoms. The fourth-order valence-corrected chi connectivity index (χ4v) is 2.06. The van der Waals surface area contributed by atoms with E-state index in [-0.39, 0.29) is 12.5 Å². The molecular weight excluding hydrogens is 318 g/mol. The molecule has 0 atom stereocenters. The monoisotopic (exact) mass is 343 g/mol. The van der Waals surface area contributed by atoms with Crippen LogP contribution in [-0.4, -0.2) is 63.1 Å². The van der Waals surface area contributed by atoms with Crippen molar-refractivity contribution in [2.75, 3.05) is 57.0 Å². The molecule has 0 unspecified atom stereocenters. The van der Waals surface area contributed by atoms with Gasteiger partial charge in [0.15, 0.2) is 5.82 Å². The van der Waals surface area contributed by atoms with E-state index < -0.39 is 0 Å². The van der Waals surface area contributed by atoms with E-state index in [0.717, 1.165) is 5.69 Å². The van der Waals surface area contributed by atoms with E-state index in [1.807, 2.05) is 65.4 Å². The molecule has 0 aliphatic carbocycles. The van der Waals surface area contributed by atoms with Crippen molar-refractivity contribution in [1.29, 1.82) is 0 Å². The van der Waals surface area contributed by atoms with Crippen LogP contribution in [0.15, 0.2) is 24.3 Å². The number of amides is 1. The van der Waals surface area contributed by atoms with Crippen LogP contribution in [0.5, 0.6) is 0 Å². The van der Waals surface area contributed by atoms with Crippen LogP contribution < -0.4 is 20.0 Å². The second-order valence-corrected chi connectivity index (χ2v) is 6.27. The van der Waals surface area contributed by atoms with Crippen molar-refractivity contribution < 1.29 is 4.79 Å². The zero-order valence-corrected chi connectivity index (χ0v) is 15.6. The van der Waals surface area contributed by atoms with Gasteiger partial charge in [0.25, 0.3) is 5.91 Å². The van der Waals surface area contributed by atoms with Crippen LogP contribution in [0.2, 0.25) is 0 Å². The van der Waals surface area contributed by atoms with Gasteiger partial charge in [-0.25, -0.2) is 0 Å². The molecule has 134 valence electrons. The molecular formula is C17H25N7O. The van der Waals surface area contributed by atoms with Gasteiger partial charge in [0, 0.05) is 53.5 Å². The SMILES string of the molecule is CN(C)c1cccc(C(=O)NCc2nc(N(C)C)nc(N(C)C)n2)c1. The largest absolute Gasteiger partial charge is 0.378 e. The highest BCUT2D eigenvalue weighted by molar-refractivity contribution is 5.95. The van der Waals surface area contributed by atoms with Crippen molar-refractivity contribution in [2.45, 2.75) is 6.54 Å². The normalized spacial score (nSPS) is 10.3. The Morgan fingerprint density at radius 1 is 0.920 bits per heavy atom. The topological polar surface area (TPSA) is 77.5 Å². The lowest BCUT2D eigenvalue weighted by molar-refractivity contribution is 0.0950. The standard InChI is InChI=1S/C17H25N7O/c1-22(2)13-9-7-8-12(10-13)15(25)18-11-14-19-16(23(3)4)21-17(20-14)24(5)6/h7-10H,11H2,1-6H3,(H,18,25). The lowest BCUT2D eigenvalue weighted by atomic mass is 10.2. The van der Waals surface area contributed by atoms with Gasteiger partial charge in [-0.15, -0.1) is 0 Å². The van der Waals surface area contributed by atoms with E-state index in [0.29, 0.717) is 23.3 Å². The molecule has 0 fully saturated rings. The minimum Gasteiger partial charge on any atom is -0.378 e. The molecule has 8 nitrogen and oxygen atoms in total. The van der Waals surface area contributed by atoms with Crippen LogP contribution >= 0.6 is 0 Å². The van der Waals surface area contributed by atoms with E-state index in [2.05, 4.69) is 20.3 Å². The fraction of sp³-hybridized carbons (Fsp3) is 0.412. The van der Waals surface area contributed by atoms with E-state index in [1.54, 1.807) is 15.9 Å². The highest BCUT2D eigenvalue weighted by Gasteiger charge is 2.12. The minimum atomic E-state index is -0.165. The minimum absolute atomic E-state index is 0.165. The summed E-state index contributed by atoms with van der Waals surface area (Å²) in [6.07, 6.45) is 0. The highest BCUT2D eigenvalue weighted by atomic mass is 16.1. The van der Waals surface area contributed by atoms with Crippen molar-refractivity contribution in [3.63, 3.8) is 0 Å². The third-order valence-corrected chi connectivity index (χ3v) is 3.49. The van der Waals surface area contributed by atoms with E-state index in [1.165, 1.54) is 0 Å². The van der Waals surface area contributed by atoms with Crippen molar-refractivity contribution in [3.05, 3.63) is 35.7 Å². The first-order valence-corrected chi connectivity index (χ1v) is 7.93. The van der Waals surface area contributed by atoms with Crippen molar-refractivity contribution in [3.8, 4) is 0 Å². The Morgan fingerprint density at radius 2 is 1.52 bits per heavy atom. The maximum Gasteiger partial charge on any atom is 0.251 e. The first-order valence-electron chi connectivity index (χ1n) is 7.93. The number of rotatable bonds is 6. The maximum absolute atomic E-state index is 12.4. The molecule has 1 N–H and O–H groups in total. The summed E-state index contributed by atoms with van der Waals surface area (Å²) in [6.45, 7) is 0.231. The Balaban J connectivity index is 2.15. The summed E-state index contributed by atoms with van der Waals surface area (Å²) < 4.78 is 0. The number of aromatic nitrogens is 3. The third-order valence-electron chi connectivity index (χ3n) is 3.49. The van der Waals surface area contributed by atoms with Gasteiger partial charge in [0.1, 0.15) is 0 Å². The number of nitrogens with one attached hydrogen (secondary N) is 1. The molecule has 0 saturated heterocycles. The zero-order chi connectivity index (χ0) is 18.6. The van der Waals surface area contributed by atoms with Gasteiger partial charge in [-0.3, -0.25) is 4.79 Å². The second kappa shape index (κ2) is 7.78. The molecule has 0 spiro atoms. The Labute approximate surface area is 148 Å². The van der Waals surface area contributed by atoms with E-state index in [9.17, 15) is 4.79 Å². The molecule has 0 aliphatic rings. The molecule has 0 radical (unpaired) electrons. The van der Waals surface area contributed by atoms with Gasteiger partial charge in [0.05, 0.1) is 6.54 Å². The second-order valence-electron chi connectivity index (χ2n) is 6.27. The molecule has 8 heteroatoms. The van der Waals surface area contributed by atoms with Crippen LogP contribution in [0.25, 0.3) is 0 Å². The van der Waals surface area contributed by atoms with Gasteiger partial charge < -0.3 is 20.0 Å². The molecule has 1 heterocycles. The quantitative estimate of drug-likeness (QED) is 0.838. The van der Waals surface area contributed by atoms with Crippen LogP contribution in [0.4, 0.5) is 17.6 Å². The summed E-state index contributed by atoms with van der Waals surface area (Å²) in [5.41, 5.74) is 1.57. The molecule has 25 heavy (non-hydrogen) atoms. The number of nitrogens with zero attached hydrogens (tertiary/aromatic N) is 6. The van der Waals surface area contributed by atoms with E-state index in [4.69, 9.17) is 0 Å². The van der Waals surface area contributed by atoms with Crippen molar-refractivity contribution >= 4 is 23.5 Å². The molecule has 1 aromatic heterocycles. The van der Waals surface area contributed by atoms with Crippen molar-refractivity contribution in [2.24, 2.45) is 0 Å². The molecule has 2 aromatic rings. The summed E-state index contributed by atoms with van der Waals surface area (Å²) >= 11 is 0. The summed E-state index contributed by atoms with van der Waals surface area (Å²) in [5.74, 6) is 1.46.